The molecule has 3 nitrogen and oxygen atoms in total. The molecule has 0 unspecified atom stereocenters. The Morgan fingerprint density at radius 2 is 1.72 bits per heavy atom. The van der Waals surface area contributed by atoms with E-state index in [1.165, 1.54) is 28.1 Å². The summed E-state index contributed by atoms with van der Waals surface area (Å²) in [5, 5.41) is 3.07. The molecule has 0 atom stereocenters. The molecule has 0 saturated carbocycles. The number of para-hydroxylation sites is 1. The Morgan fingerprint density at radius 1 is 0.969 bits per heavy atom. The first kappa shape index (κ1) is 20.6. The maximum absolute atomic E-state index is 13.8. The lowest BCUT2D eigenvalue weighted by Crippen LogP contribution is -2.33. The van der Waals surface area contributed by atoms with E-state index >= 15 is 0 Å². The van der Waals surface area contributed by atoms with Gasteiger partial charge in [-0.25, -0.2) is 0 Å². The van der Waals surface area contributed by atoms with Gasteiger partial charge in [0.1, 0.15) is 7.05 Å². The average molecular weight is 428 g/mol. The van der Waals surface area contributed by atoms with E-state index in [9.17, 15) is 4.39 Å². The third-order valence-electron chi connectivity index (χ3n) is 6.37. The summed E-state index contributed by atoms with van der Waals surface area (Å²) in [6.45, 7) is 11.0. The topological polar surface area (TPSA) is 29.9 Å². The standard InChI is InChI=1S/C28H28FN2O/c1-16-13-21-20-11-12-24(29)30-27(20)32-26(21)25(17(16)2)23-14-18(15-28(3,4)5)19-9-7-8-10-22(19)31(23)6/h7-14H,15H2,1-6H3/q+1. The number of hydrogen-bond acceptors (Lipinski definition) is 2. The number of rotatable bonds is 2. The van der Waals surface area contributed by atoms with Crippen LogP contribution in [0.3, 0.4) is 0 Å². The summed E-state index contributed by atoms with van der Waals surface area (Å²) in [4.78, 5) is 4.01. The van der Waals surface area contributed by atoms with Crippen LogP contribution in [-0.4, -0.2) is 4.98 Å². The molecule has 32 heavy (non-hydrogen) atoms. The minimum Gasteiger partial charge on any atom is -0.437 e. The van der Waals surface area contributed by atoms with Crippen LogP contribution in [0, 0.1) is 25.2 Å². The van der Waals surface area contributed by atoms with Gasteiger partial charge in [-0.15, -0.1) is 0 Å². The van der Waals surface area contributed by atoms with Crippen LogP contribution in [-0.2, 0) is 13.5 Å². The van der Waals surface area contributed by atoms with E-state index in [0.29, 0.717) is 5.71 Å². The zero-order valence-corrected chi connectivity index (χ0v) is 19.5. The van der Waals surface area contributed by atoms with Gasteiger partial charge in [-0.1, -0.05) is 32.9 Å². The lowest BCUT2D eigenvalue weighted by Gasteiger charge is -2.20. The fourth-order valence-electron chi connectivity index (χ4n) is 4.77. The highest BCUT2D eigenvalue weighted by molar-refractivity contribution is 6.09. The van der Waals surface area contributed by atoms with Crippen LogP contribution in [0.15, 0.2) is 52.9 Å². The number of aryl methyl sites for hydroxylation is 2. The van der Waals surface area contributed by atoms with Crippen molar-refractivity contribution in [2.24, 2.45) is 12.5 Å². The molecular formula is C28H28FN2O+. The first-order valence-electron chi connectivity index (χ1n) is 11.0. The van der Waals surface area contributed by atoms with Gasteiger partial charge >= 0.3 is 0 Å². The van der Waals surface area contributed by atoms with E-state index in [1.54, 1.807) is 6.07 Å². The molecule has 0 bridgehead atoms. The van der Waals surface area contributed by atoms with Crippen molar-refractivity contribution in [2.45, 2.75) is 41.0 Å². The summed E-state index contributed by atoms with van der Waals surface area (Å²) in [5.74, 6) is -0.532. The maximum atomic E-state index is 13.8. The molecule has 3 heterocycles. The molecule has 0 aliphatic rings. The molecule has 0 aliphatic heterocycles. The summed E-state index contributed by atoms with van der Waals surface area (Å²) in [7, 11) is 2.10. The number of hydrogen-bond donors (Lipinski definition) is 0. The number of benzene rings is 2. The molecule has 162 valence electrons. The maximum Gasteiger partial charge on any atom is 0.229 e. The molecule has 2 aromatic carbocycles. The summed E-state index contributed by atoms with van der Waals surface area (Å²) in [6.07, 6.45) is 0.961. The second-order valence-corrected chi connectivity index (χ2v) is 10.0. The molecule has 5 rings (SSSR count). The van der Waals surface area contributed by atoms with Gasteiger partial charge < -0.3 is 4.42 Å². The second kappa shape index (κ2) is 7.13. The lowest BCUT2D eigenvalue weighted by atomic mass is 9.85. The number of nitrogens with zero attached hydrogens (tertiary/aromatic N) is 2. The fraction of sp³-hybridized carbons (Fsp3) is 0.286. The molecule has 0 amide bonds. The van der Waals surface area contributed by atoms with Crippen LogP contribution >= 0.6 is 0 Å². The van der Waals surface area contributed by atoms with Gasteiger partial charge in [-0.05, 0) is 66.6 Å². The molecule has 0 fully saturated rings. The van der Waals surface area contributed by atoms with Gasteiger partial charge in [-0.3, -0.25) is 0 Å². The lowest BCUT2D eigenvalue weighted by molar-refractivity contribution is -0.633. The van der Waals surface area contributed by atoms with Crippen LogP contribution in [0.1, 0.15) is 37.5 Å². The van der Waals surface area contributed by atoms with E-state index < -0.39 is 5.95 Å². The zero-order valence-electron chi connectivity index (χ0n) is 19.5. The quantitative estimate of drug-likeness (QED) is 0.225. The van der Waals surface area contributed by atoms with Crippen LogP contribution in [0.5, 0.6) is 0 Å². The third-order valence-corrected chi connectivity index (χ3v) is 6.37. The molecule has 0 aliphatic carbocycles. The van der Waals surface area contributed by atoms with Crippen molar-refractivity contribution in [3.05, 3.63) is 71.2 Å². The fourth-order valence-corrected chi connectivity index (χ4v) is 4.77. The van der Waals surface area contributed by atoms with E-state index in [1.807, 2.05) is 0 Å². The van der Waals surface area contributed by atoms with Crippen LogP contribution < -0.4 is 4.57 Å². The predicted molar refractivity (Wildman–Crippen MR) is 128 cm³/mol. The number of halogens is 1. The summed E-state index contributed by atoms with van der Waals surface area (Å²) in [6, 6.07) is 16.1. The zero-order chi connectivity index (χ0) is 22.8. The summed E-state index contributed by atoms with van der Waals surface area (Å²) < 4.78 is 22.3. The van der Waals surface area contributed by atoms with Crippen molar-refractivity contribution in [2.75, 3.05) is 0 Å². The van der Waals surface area contributed by atoms with Gasteiger partial charge in [0, 0.05) is 28.3 Å². The summed E-state index contributed by atoms with van der Waals surface area (Å²) in [5.41, 5.74) is 8.20. The molecular weight excluding hydrogens is 399 g/mol. The van der Waals surface area contributed by atoms with Crippen molar-refractivity contribution in [3.8, 4) is 11.3 Å². The normalized spacial score (nSPS) is 12.3. The van der Waals surface area contributed by atoms with E-state index in [0.717, 1.165) is 39.6 Å². The molecule has 0 radical (unpaired) electrons. The Kier molecular flexibility index (Phi) is 4.59. The molecule has 5 aromatic rings. The Labute approximate surface area is 187 Å². The third kappa shape index (κ3) is 3.26. The Balaban J connectivity index is 1.91. The minimum atomic E-state index is -0.532. The Bertz CT molecular complexity index is 1520. The molecule has 0 saturated heterocycles. The second-order valence-electron chi connectivity index (χ2n) is 10.0. The molecule has 3 aromatic heterocycles. The number of furan rings is 1. The van der Waals surface area contributed by atoms with Gasteiger partial charge in [0.15, 0.2) is 5.58 Å². The molecule has 4 heteroatoms. The molecule has 0 N–H and O–H groups in total. The van der Waals surface area contributed by atoms with Crippen LogP contribution in [0.4, 0.5) is 4.39 Å². The van der Waals surface area contributed by atoms with Crippen molar-refractivity contribution < 1.29 is 13.4 Å². The Hall–Kier alpha value is -3.27. The average Bonchev–Trinajstić information content (AvgIpc) is 3.07. The van der Waals surface area contributed by atoms with E-state index in [4.69, 9.17) is 4.42 Å². The van der Waals surface area contributed by atoms with Gasteiger partial charge in [0.05, 0.1) is 5.56 Å². The first-order chi connectivity index (χ1) is 15.1. The number of pyridine rings is 2. The van der Waals surface area contributed by atoms with Crippen molar-refractivity contribution in [3.63, 3.8) is 0 Å². The van der Waals surface area contributed by atoms with E-state index in [-0.39, 0.29) is 5.41 Å². The van der Waals surface area contributed by atoms with Gasteiger partial charge in [0.2, 0.25) is 22.9 Å². The first-order valence-corrected chi connectivity index (χ1v) is 11.0. The monoisotopic (exact) mass is 427 g/mol. The van der Waals surface area contributed by atoms with Crippen molar-refractivity contribution in [1.29, 1.82) is 0 Å². The molecule has 0 spiro atoms. The van der Waals surface area contributed by atoms with E-state index in [2.05, 4.69) is 87.6 Å². The Morgan fingerprint density at radius 3 is 2.47 bits per heavy atom. The van der Waals surface area contributed by atoms with Gasteiger partial charge in [-0.2, -0.15) is 13.9 Å². The highest BCUT2D eigenvalue weighted by Crippen LogP contribution is 2.39. The minimum absolute atomic E-state index is 0.151. The highest BCUT2D eigenvalue weighted by atomic mass is 19.1. The highest BCUT2D eigenvalue weighted by Gasteiger charge is 2.26. The van der Waals surface area contributed by atoms with Crippen molar-refractivity contribution >= 4 is 33.0 Å². The van der Waals surface area contributed by atoms with Crippen LogP contribution in [0.2, 0.25) is 0 Å². The number of aromatic nitrogens is 2. The largest absolute Gasteiger partial charge is 0.437 e. The van der Waals surface area contributed by atoms with Crippen molar-refractivity contribution in [1.82, 2.24) is 4.98 Å². The summed E-state index contributed by atoms with van der Waals surface area (Å²) >= 11 is 0. The smallest absolute Gasteiger partial charge is 0.229 e. The van der Waals surface area contributed by atoms with Gasteiger partial charge in [0.25, 0.3) is 0 Å². The number of fused-ring (bicyclic) bond motifs is 4. The SMILES string of the molecule is Cc1cc2c(oc3nc(F)ccc32)c(-c2cc(CC(C)(C)C)c3ccccc3[n+]2C)c1C. The predicted octanol–water partition coefficient (Wildman–Crippen LogP) is 6.97. The van der Waals surface area contributed by atoms with Crippen LogP contribution in [0.25, 0.3) is 44.2 Å².